The Bertz CT molecular complexity index is 1190. The van der Waals surface area contributed by atoms with Gasteiger partial charge in [0.2, 0.25) is 0 Å². The summed E-state index contributed by atoms with van der Waals surface area (Å²) in [6.07, 6.45) is 1.34. The molecule has 0 bridgehead atoms. The summed E-state index contributed by atoms with van der Waals surface area (Å²) < 4.78 is 2.26. The second-order valence-corrected chi connectivity index (χ2v) is 7.99. The molecule has 2 aromatic carbocycles. The van der Waals surface area contributed by atoms with Crippen molar-refractivity contribution < 1.29 is 14.5 Å². The van der Waals surface area contributed by atoms with E-state index in [9.17, 15) is 24.5 Å². The number of amides is 1. The zero-order valence-corrected chi connectivity index (χ0v) is 18.3. The van der Waals surface area contributed by atoms with Crippen LogP contribution in [0, 0.1) is 10.1 Å². The number of nitro groups is 1. The normalized spacial score (nSPS) is 11.5. The van der Waals surface area contributed by atoms with E-state index in [4.69, 9.17) is 0 Å². The van der Waals surface area contributed by atoms with Crippen LogP contribution >= 0.6 is 31.9 Å². The number of hydrogen-bond acceptors (Lipinski definition) is 5. The minimum Gasteiger partial charge on any atom is -0.324 e. The Morgan fingerprint density at radius 1 is 1.00 bits per heavy atom. The summed E-state index contributed by atoms with van der Waals surface area (Å²) >= 11 is 6.52. The highest BCUT2D eigenvalue weighted by Crippen LogP contribution is 2.22. The van der Waals surface area contributed by atoms with Gasteiger partial charge in [0.15, 0.2) is 11.8 Å². The number of Topliss-reactive ketones (excluding diaryl/α,β-unsaturated/α-hetero) is 1. The van der Waals surface area contributed by atoms with Crippen LogP contribution in [0.4, 0.5) is 11.4 Å². The number of nitrogens with one attached hydrogen (secondary N) is 1. The first-order valence-electron chi connectivity index (χ1n) is 8.49. The fourth-order valence-electron chi connectivity index (χ4n) is 2.73. The van der Waals surface area contributed by atoms with Crippen molar-refractivity contribution in [1.82, 2.24) is 4.57 Å². The number of aromatic nitrogens is 1. The fourth-order valence-corrected chi connectivity index (χ4v) is 3.35. The largest absolute Gasteiger partial charge is 0.324 e. The summed E-state index contributed by atoms with van der Waals surface area (Å²) in [5.41, 5.74) is -0.416. The maximum Gasteiger partial charge on any atom is 0.271 e. The molecular formula is C20H13Br2N3O5. The molecule has 3 rings (SSSR count). The van der Waals surface area contributed by atoms with Crippen molar-refractivity contribution in [2.24, 2.45) is 0 Å². The lowest BCUT2D eigenvalue weighted by molar-refractivity contribution is -0.384. The highest BCUT2D eigenvalue weighted by molar-refractivity contribution is 9.10. The molecule has 8 nitrogen and oxygen atoms in total. The molecule has 1 atom stereocenters. The van der Waals surface area contributed by atoms with Crippen LogP contribution in [0.2, 0.25) is 0 Å². The van der Waals surface area contributed by atoms with Gasteiger partial charge in [0, 0.05) is 44.6 Å². The molecule has 10 heteroatoms. The smallest absolute Gasteiger partial charge is 0.271 e. The minimum absolute atomic E-state index is 0.130. The number of carbonyl (C=O) groups excluding carboxylic acids is 2. The van der Waals surface area contributed by atoms with E-state index in [1.165, 1.54) is 54.7 Å². The van der Waals surface area contributed by atoms with Crippen LogP contribution in [0.25, 0.3) is 0 Å². The Morgan fingerprint density at radius 2 is 1.67 bits per heavy atom. The molecule has 1 amide bonds. The van der Waals surface area contributed by atoms with Crippen molar-refractivity contribution in [2.75, 3.05) is 5.32 Å². The molecule has 0 saturated heterocycles. The predicted molar refractivity (Wildman–Crippen MR) is 118 cm³/mol. The van der Waals surface area contributed by atoms with Crippen LogP contribution in [0.3, 0.4) is 0 Å². The Kier molecular flexibility index (Phi) is 6.58. The third-order valence-corrected chi connectivity index (χ3v) is 5.13. The molecule has 0 fully saturated rings. The fraction of sp³-hybridized carbons (Fsp3) is 0.0500. The number of carbonyl (C=O) groups is 2. The highest BCUT2D eigenvalue weighted by Gasteiger charge is 2.30. The summed E-state index contributed by atoms with van der Waals surface area (Å²) in [5, 5.41) is 13.5. The molecule has 1 unspecified atom stereocenters. The number of non-ortho nitro benzene ring substituents is 1. The van der Waals surface area contributed by atoms with Crippen LogP contribution in [0.15, 0.2) is 80.6 Å². The number of nitro benzene ring substituents is 1. The van der Waals surface area contributed by atoms with Crippen molar-refractivity contribution in [2.45, 2.75) is 6.04 Å². The van der Waals surface area contributed by atoms with E-state index < -0.39 is 28.2 Å². The van der Waals surface area contributed by atoms with Gasteiger partial charge in [0.05, 0.1) is 4.92 Å². The maximum atomic E-state index is 13.2. The molecule has 3 aromatic rings. The number of hydrogen-bond donors (Lipinski definition) is 1. The van der Waals surface area contributed by atoms with Gasteiger partial charge in [-0.2, -0.15) is 0 Å². The molecule has 152 valence electrons. The molecule has 0 aliphatic rings. The highest BCUT2D eigenvalue weighted by atomic mass is 79.9. The van der Waals surface area contributed by atoms with Gasteiger partial charge in [-0.1, -0.05) is 34.1 Å². The van der Waals surface area contributed by atoms with Gasteiger partial charge in [-0.25, -0.2) is 0 Å². The Labute approximate surface area is 186 Å². The SMILES string of the molecule is O=C(Nc1cccc([N+](=O)[O-])c1)C(C(=O)c1ccc(Br)cc1)n1cc(Br)ccc1=O. The third-order valence-electron chi connectivity index (χ3n) is 4.13. The molecule has 1 N–H and O–H groups in total. The van der Waals surface area contributed by atoms with E-state index in [0.717, 1.165) is 9.04 Å². The second kappa shape index (κ2) is 9.14. The van der Waals surface area contributed by atoms with Crippen molar-refractivity contribution in [3.05, 3.63) is 102 Å². The number of halogens is 2. The van der Waals surface area contributed by atoms with Gasteiger partial charge in [0.25, 0.3) is 17.2 Å². The quantitative estimate of drug-likeness (QED) is 0.219. The number of benzene rings is 2. The lowest BCUT2D eigenvalue weighted by Gasteiger charge is -2.19. The lowest BCUT2D eigenvalue weighted by Crippen LogP contribution is -2.38. The molecule has 30 heavy (non-hydrogen) atoms. The van der Waals surface area contributed by atoms with Crippen molar-refractivity contribution >= 4 is 54.9 Å². The molecule has 0 aliphatic carbocycles. The predicted octanol–water partition coefficient (Wildman–Crippen LogP) is 4.34. The van der Waals surface area contributed by atoms with Gasteiger partial charge in [-0.05, 0) is 40.2 Å². The summed E-state index contributed by atoms with van der Waals surface area (Å²) in [6.45, 7) is 0. The van der Waals surface area contributed by atoms with E-state index in [2.05, 4.69) is 37.2 Å². The summed E-state index contributed by atoms with van der Waals surface area (Å²) in [5.74, 6) is -1.41. The zero-order chi connectivity index (χ0) is 21.8. The lowest BCUT2D eigenvalue weighted by atomic mass is 10.0. The summed E-state index contributed by atoms with van der Waals surface area (Å²) in [6, 6.07) is 12.9. The van der Waals surface area contributed by atoms with Crippen molar-refractivity contribution in [3.8, 4) is 0 Å². The molecule has 0 aliphatic heterocycles. The average Bonchev–Trinajstić information content (AvgIpc) is 2.71. The first-order valence-corrected chi connectivity index (χ1v) is 10.1. The van der Waals surface area contributed by atoms with Gasteiger partial charge in [-0.3, -0.25) is 29.1 Å². The number of ketones is 1. The van der Waals surface area contributed by atoms with Crippen molar-refractivity contribution in [3.63, 3.8) is 0 Å². The number of anilines is 1. The summed E-state index contributed by atoms with van der Waals surface area (Å²) in [7, 11) is 0. The molecule has 0 radical (unpaired) electrons. The molecule has 1 aromatic heterocycles. The number of rotatable bonds is 6. The maximum absolute atomic E-state index is 13.2. The van der Waals surface area contributed by atoms with E-state index in [1.807, 2.05) is 0 Å². The monoisotopic (exact) mass is 533 g/mol. The third kappa shape index (κ3) is 4.89. The number of pyridine rings is 1. The topological polar surface area (TPSA) is 111 Å². The molecule has 1 heterocycles. The van der Waals surface area contributed by atoms with Gasteiger partial charge in [-0.15, -0.1) is 0 Å². The van der Waals surface area contributed by atoms with E-state index in [0.29, 0.717) is 4.47 Å². The average molecular weight is 535 g/mol. The Balaban J connectivity index is 2.03. The van der Waals surface area contributed by atoms with E-state index in [-0.39, 0.29) is 16.9 Å². The minimum atomic E-state index is -1.52. The Morgan fingerprint density at radius 3 is 2.33 bits per heavy atom. The standard InChI is InChI=1S/C20H13Br2N3O5/c21-13-6-4-12(5-7-13)19(27)18(24-11-14(22)8-9-17(24)26)20(28)23-15-2-1-3-16(10-15)25(29)30/h1-11,18H,(H,23,28). The molecule has 0 saturated carbocycles. The van der Waals surface area contributed by atoms with Crippen LogP contribution in [0.1, 0.15) is 16.4 Å². The molecule has 0 spiro atoms. The van der Waals surface area contributed by atoms with Crippen LogP contribution in [-0.2, 0) is 4.79 Å². The van der Waals surface area contributed by atoms with Crippen molar-refractivity contribution in [1.29, 1.82) is 0 Å². The first kappa shape index (κ1) is 21.6. The zero-order valence-electron chi connectivity index (χ0n) is 15.1. The van der Waals surface area contributed by atoms with E-state index >= 15 is 0 Å². The van der Waals surface area contributed by atoms with Crippen LogP contribution in [0.5, 0.6) is 0 Å². The van der Waals surface area contributed by atoms with Crippen LogP contribution < -0.4 is 10.9 Å². The van der Waals surface area contributed by atoms with Gasteiger partial charge < -0.3 is 5.32 Å². The summed E-state index contributed by atoms with van der Waals surface area (Å²) in [4.78, 5) is 49.0. The second-order valence-electron chi connectivity index (χ2n) is 6.16. The van der Waals surface area contributed by atoms with Gasteiger partial charge in [0.1, 0.15) is 0 Å². The van der Waals surface area contributed by atoms with Crippen LogP contribution in [-0.4, -0.2) is 21.2 Å². The number of nitrogens with zero attached hydrogens (tertiary/aromatic N) is 2. The van der Waals surface area contributed by atoms with Gasteiger partial charge >= 0.3 is 0 Å². The molecular weight excluding hydrogens is 522 g/mol. The van der Waals surface area contributed by atoms with E-state index in [1.54, 1.807) is 12.1 Å². The Hall–Kier alpha value is -3.11. The first-order chi connectivity index (χ1) is 14.3.